The summed E-state index contributed by atoms with van der Waals surface area (Å²) in [7, 11) is 0. The van der Waals surface area contributed by atoms with Crippen LogP contribution in [0.5, 0.6) is 0 Å². The molecule has 6 heteroatoms. The van der Waals surface area contributed by atoms with Gasteiger partial charge in [-0.1, -0.05) is 23.2 Å². The lowest BCUT2D eigenvalue weighted by Gasteiger charge is -2.37. The maximum atomic E-state index is 12.1. The van der Waals surface area contributed by atoms with E-state index in [-0.39, 0.29) is 12.5 Å². The summed E-state index contributed by atoms with van der Waals surface area (Å²) in [5, 5.41) is 13.1. The molecule has 122 valence electrons. The van der Waals surface area contributed by atoms with Gasteiger partial charge in [0.25, 0.3) is 0 Å². The number of aliphatic hydroxyl groups is 1. The first-order valence-electron chi connectivity index (χ1n) is 7.59. The Labute approximate surface area is 141 Å². The van der Waals surface area contributed by atoms with Gasteiger partial charge in [0.05, 0.1) is 10.7 Å². The van der Waals surface area contributed by atoms with Gasteiger partial charge < -0.3 is 10.4 Å². The van der Waals surface area contributed by atoms with Crippen LogP contribution in [0.2, 0.25) is 10.0 Å². The van der Waals surface area contributed by atoms with E-state index < -0.39 is 0 Å². The Morgan fingerprint density at radius 2 is 2.18 bits per heavy atom. The topological polar surface area (TPSA) is 52.6 Å². The molecule has 0 bridgehead atoms. The zero-order chi connectivity index (χ0) is 16.1. The van der Waals surface area contributed by atoms with Gasteiger partial charge in [0.1, 0.15) is 0 Å². The minimum absolute atomic E-state index is 0.0810. The maximum Gasteiger partial charge on any atom is 0.225 e. The molecule has 2 rings (SSSR count). The molecule has 1 aromatic carbocycles. The van der Waals surface area contributed by atoms with Crippen molar-refractivity contribution in [2.75, 3.05) is 25.0 Å². The molecule has 22 heavy (non-hydrogen) atoms. The van der Waals surface area contributed by atoms with E-state index in [9.17, 15) is 9.90 Å². The molecule has 0 radical (unpaired) electrons. The van der Waals surface area contributed by atoms with E-state index in [2.05, 4.69) is 17.1 Å². The first-order valence-corrected chi connectivity index (χ1v) is 8.35. The van der Waals surface area contributed by atoms with Crippen molar-refractivity contribution in [1.29, 1.82) is 0 Å². The quantitative estimate of drug-likeness (QED) is 0.860. The second-order valence-corrected chi connectivity index (χ2v) is 6.74. The lowest BCUT2D eigenvalue weighted by Crippen LogP contribution is -2.43. The molecule has 0 saturated carbocycles. The van der Waals surface area contributed by atoms with Gasteiger partial charge in [-0.25, -0.2) is 0 Å². The predicted molar refractivity (Wildman–Crippen MR) is 90.6 cm³/mol. The first-order chi connectivity index (χ1) is 10.5. The van der Waals surface area contributed by atoms with Gasteiger partial charge in [-0.15, -0.1) is 0 Å². The van der Waals surface area contributed by atoms with Crippen LogP contribution in [-0.4, -0.2) is 41.7 Å². The van der Waals surface area contributed by atoms with Crippen LogP contribution < -0.4 is 5.32 Å². The summed E-state index contributed by atoms with van der Waals surface area (Å²) in [5.74, 6) is 0.240. The Morgan fingerprint density at radius 3 is 2.91 bits per heavy atom. The van der Waals surface area contributed by atoms with Gasteiger partial charge in [-0.05, 0) is 43.9 Å². The number of anilines is 1. The normalized spacial score (nSPS) is 22.5. The molecule has 2 unspecified atom stereocenters. The molecule has 0 aromatic heterocycles. The minimum Gasteiger partial charge on any atom is -0.396 e. The molecule has 1 aliphatic rings. The molecule has 2 atom stereocenters. The number of hydrogen-bond donors (Lipinski definition) is 2. The second-order valence-electron chi connectivity index (χ2n) is 5.89. The molecule has 1 fully saturated rings. The SMILES string of the molecule is CC1CCC(CO)CN1CCC(=O)Nc1cc(Cl)ccc1Cl. The molecule has 0 aliphatic carbocycles. The van der Waals surface area contributed by atoms with E-state index in [0.717, 1.165) is 19.4 Å². The summed E-state index contributed by atoms with van der Waals surface area (Å²) in [6.45, 7) is 3.91. The van der Waals surface area contributed by atoms with Crippen LogP contribution in [0.4, 0.5) is 5.69 Å². The van der Waals surface area contributed by atoms with Crippen molar-refractivity contribution in [2.45, 2.75) is 32.2 Å². The van der Waals surface area contributed by atoms with Crippen LogP contribution >= 0.6 is 23.2 Å². The number of likely N-dealkylation sites (tertiary alicyclic amines) is 1. The molecular weight excluding hydrogens is 323 g/mol. The third kappa shape index (κ3) is 4.85. The Morgan fingerprint density at radius 1 is 1.41 bits per heavy atom. The first kappa shape index (κ1) is 17.5. The summed E-state index contributed by atoms with van der Waals surface area (Å²) in [6.07, 6.45) is 2.51. The zero-order valence-corrected chi connectivity index (χ0v) is 14.2. The van der Waals surface area contributed by atoms with Crippen molar-refractivity contribution in [3.05, 3.63) is 28.2 Å². The third-order valence-electron chi connectivity index (χ3n) is 4.20. The van der Waals surface area contributed by atoms with Gasteiger partial charge in [0.2, 0.25) is 5.91 Å². The van der Waals surface area contributed by atoms with Crippen LogP contribution in [0.1, 0.15) is 26.2 Å². The van der Waals surface area contributed by atoms with Crippen LogP contribution in [-0.2, 0) is 4.79 Å². The lowest BCUT2D eigenvalue weighted by atomic mass is 9.94. The summed E-state index contributed by atoms with van der Waals surface area (Å²) < 4.78 is 0. The number of carbonyl (C=O) groups is 1. The van der Waals surface area contributed by atoms with Gasteiger partial charge in [-0.2, -0.15) is 0 Å². The average molecular weight is 345 g/mol. The lowest BCUT2D eigenvalue weighted by molar-refractivity contribution is -0.116. The third-order valence-corrected chi connectivity index (χ3v) is 4.76. The number of piperidine rings is 1. The van der Waals surface area contributed by atoms with Crippen molar-refractivity contribution < 1.29 is 9.90 Å². The highest BCUT2D eigenvalue weighted by Gasteiger charge is 2.25. The Kier molecular flexibility index (Phi) is 6.50. The highest BCUT2D eigenvalue weighted by Crippen LogP contribution is 2.26. The predicted octanol–water partition coefficient (Wildman–Crippen LogP) is 3.41. The number of hydrogen-bond acceptors (Lipinski definition) is 3. The molecule has 0 spiro atoms. The molecule has 1 aliphatic heterocycles. The molecule has 1 saturated heterocycles. The fraction of sp³-hybridized carbons (Fsp3) is 0.562. The summed E-state index contributed by atoms with van der Waals surface area (Å²) in [4.78, 5) is 14.4. The fourth-order valence-corrected chi connectivity index (χ4v) is 3.11. The Balaban J connectivity index is 1.85. The van der Waals surface area contributed by atoms with Gasteiger partial charge in [0.15, 0.2) is 0 Å². The monoisotopic (exact) mass is 344 g/mol. The zero-order valence-electron chi connectivity index (χ0n) is 12.7. The van der Waals surface area contributed by atoms with E-state index in [1.54, 1.807) is 18.2 Å². The largest absolute Gasteiger partial charge is 0.396 e. The number of benzene rings is 1. The van der Waals surface area contributed by atoms with Crippen molar-refractivity contribution in [2.24, 2.45) is 5.92 Å². The van der Waals surface area contributed by atoms with Gasteiger partial charge in [-0.3, -0.25) is 9.69 Å². The standard InChI is InChI=1S/C16H22Cl2N2O2/c1-11-2-3-12(10-21)9-20(11)7-6-16(22)19-15-8-13(17)4-5-14(15)18/h4-5,8,11-12,21H,2-3,6-7,9-10H2,1H3,(H,19,22). The van der Waals surface area contributed by atoms with Gasteiger partial charge >= 0.3 is 0 Å². The van der Waals surface area contributed by atoms with E-state index in [1.165, 1.54) is 0 Å². The number of carbonyl (C=O) groups excluding carboxylic acids is 1. The molecule has 2 N–H and O–H groups in total. The van der Waals surface area contributed by atoms with Crippen molar-refractivity contribution in [3.63, 3.8) is 0 Å². The Hall–Kier alpha value is -0.810. The number of amides is 1. The number of nitrogens with zero attached hydrogens (tertiary/aromatic N) is 1. The minimum atomic E-state index is -0.0810. The molecule has 1 amide bonds. The summed E-state index contributed by atoms with van der Waals surface area (Å²) in [5.41, 5.74) is 0.541. The average Bonchev–Trinajstić information content (AvgIpc) is 2.50. The van der Waals surface area contributed by atoms with E-state index in [0.29, 0.717) is 40.7 Å². The summed E-state index contributed by atoms with van der Waals surface area (Å²) in [6, 6.07) is 5.44. The smallest absolute Gasteiger partial charge is 0.225 e. The van der Waals surface area contributed by atoms with Crippen LogP contribution in [0.3, 0.4) is 0 Å². The molecule has 1 heterocycles. The number of aliphatic hydroxyl groups excluding tert-OH is 1. The molecular formula is C16H22Cl2N2O2. The van der Waals surface area contributed by atoms with Crippen LogP contribution in [0.25, 0.3) is 0 Å². The number of nitrogens with one attached hydrogen (secondary N) is 1. The highest BCUT2D eigenvalue weighted by molar-refractivity contribution is 6.35. The van der Waals surface area contributed by atoms with Crippen molar-refractivity contribution in [1.82, 2.24) is 4.90 Å². The maximum absolute atomic E-state index is 12.1. The van der Waals surface area contributed by atoms with Crippen LogP contribution in [0, 0.1) is 5.92 Å². The molecule has 4 nitrogen and oxygen atoms in total. The number of halogens is 2. The fourth-order valence-electron chi connectivity index (χ4n) is 2.77. The molecule has 1 aromatic rings. The van der Waals surface area contributed by atoms with Gasteiger partial charge in [0, 0.05) is 37.2 Å². The van der Waals surface area contributed by atoms with Crippen molar-refractivity contribution in [3.8, 4) is 0 Å². The van der Waals surface area contributed by atoms with E-state index in [4.69, 9.17) is 23.2 Å². The van der Waals surface area contributed by atoms with E-state index in [1.807, 2.05) is 0 Å². The summed E-state index contributed by atoms with van der Waals surface area (Å²) >= 11 is 11.9. The van der Waals surface area contributed by atoms with Crippen molar-refractivity contribution >= 4 is 34.8 Å². The number of rotatable bonds is 5. The van der Waals surface area contributed by atoms with E-state index >= 15 is 0 Å². The second kappa shape index (κ2) is 8.16. The van der Waals surface area contributed by atoms with Crippen LogP contribution in [0.15, 0.2) is 18.2 Å². The Bertz CT molecular complexity index is 525. The highest BCUT2D eigenvalue weighted by atomic mass is 35.5.